The molecule has 0 unspecified atom stereocenters. The average Bonchev–Trinajstić information content (AvgIpc) is 2.90. The van der Waals surface area contributed by atoms with Crippen molar-refractivity contribution in [3.63, 3.8) is 0 Å². The molecule has 6 nitrogen and oxygen atoms in total. The Morgan fingerprint density at radius 2 is 2.23 bits per heavy atom. The molecule has 2 aromatic heterocycles. The molecular weight excluding hydrogens is 350 g/mol. The molecule has 1 atom stereocenters. The lowest BCUT2D eigenvalue weighted by Crippen LogP contribution is -2.34. The standard InChI is InChI=1S/C15H20BrN3O3/c1-3-21-6-7-22-11(2)15(20)17-8-13-10-19-9-12(16)4-5-14(19)18-13/h4-5,9-11H,3,6-8H2,1-2H3,(H,17,20)/t11-/m0/s1. The topological polar surface area (TPSA) is 64.9 Å². The first-order chi connectivity index (χ1) is 10.6. The Kier molecular flexibility index (Phi) is 6.35. The van der Waals surface area contributed by atoms with Gasteiger partial charge < -0.3 is 19.2 Å². The molecule has 0 bridgehead atoms. The van der Waals surface area contributed by atoms with Gasteiger partial charge in [-0.2, -0.15) is 0 Å². The van der Waals surface area contributed by atoms with Crippen LogP contribution in [0.1, 0.15) is 19.5 Å². The number of imidazole rings is 1. The number of hydrogen-bond acceptors (Lipinski definition) is 4. The van der Waals surface area contributed by atoms with Crippen LogP contribution >= 0.6 is 15.9 Å². The fraction of sp³-hybridized carbons (Fsp3) is 0.467. The van der Waals surface area contributed by atoms with Crippen LogP contribution in [0.2, 0.25) is 0 Å². The summed E-state index contributed by atoms with van der Waals surface area (Å²) in [7, 11) is 0. The van der Waals surface area contributed by atoms with Gasteiger partial charge in [0.15, 0.2) is 0 Å². The highest BCUT2D eigenvalue weighted by atomic mass is 79.9. The summed E-state index contributed by atoms with van der Waals surface area (Å²) in [4.78, 5) is 16.4. The lowest BCUT2D eigenvalue weighted by Gasteiger charge is -2.12. The van der Waals surface area contributed by atoms with Crippen molar-refractivity contribution in [2.45, 2.75) is 26.5 Å². The van der Waals surface area contributed by atoms with Crippen LogP contribution in [0, 0.1) is 0 Å². The molecule has 120 valence electrons. The SMILES string of the molecule is CCOCCO[C@@H](C)C(=O)NCc1cn2cc(Br)ccc2n1. The number of nitrogens with zero attached hydrogens (tertiary/aromatic N) is 2. The molecule has 0 aliphatic rings. The zero-order chi connectivity index (χ0) is 15.9. The Bertz CT molecular complexity index is 630. The molecule has 0 spiro atoms. The maximum atomic E-state index is 11.9. The first-order valence-corrected chi connectivity index (χ1v) is 7.99. The van der Waals surface area contributed by atoms with Crippen LogP contribution < -0.4 is 5.32 Å². The molecule has 7 heteroatoms. The third kappa shape index (κ3) is 4.79. The number of aromatic nitrogens is 2. The lowest BCUT2D eigenvalue weighted by molar-refractivity contribution is -0.132. The second kappa shape index (κ2) is 8.26. The molecule has 0 aliphatic heterocycles. The third-order valence-corrected chi connectivity index (χ3v) is 3.55. The second-order valence-corrected chi connectivity index (χ2v) is 5.69. The Labute approximate surface area is 137 Å². The Morgan fingerprint density at radius 1 is 1.41 bits per heavy atom. The smallest absolute Gasteiger partial charge is 0.249 e. The van der Waals surface area contributed by atoms with Crippen molar-refractivity contribution in [3.05, 3.63) is 34.7 Å². The summed E-state index contributed by atoms with van der Waals surface area (Å²) in [5.74, 6) is -0.158. The molecule has 22 heavy (non-hydrogen) atoms. The van der Waals surface area contributed by atoms with E-state index in [0.717, 1.165) is 15.8 Å². The predicted molar refractivity (Wildman–Crippen MR) is 86.6 cm³/mol. The summed E-state index contributed by atoms with van der Waals surface area (Å²) < 4.78 is 13.4. The van der Waals surface area contributed by atoms with Gasteiger partial charge >= 0.3 is 0 Å². The molecule has 2 heterocycles. The minimum Gasteiger partial charge on any atom is -0.379 e. The summed E-state index contributed by atoms with van der Waals surface area (Å²) in [6, 6.07) is 3.84. The number of pyridine rings is 1. The Hall–Kier alpha value is -1.44. The number of carbonyl (C=O) groups is 1. The van der Waals surface area contributed by atoms with Gasteiger partial charge in [-0.3, -0.25) is 4.79 Å². The monoisotopic (exact) mass is 369 g/mol. The van der Waals surface area contributed by atoms with E-state index < -0.39 is 6.10 Å². The molecule has 1 N–H and O–H groups in total. The highest BCUT2D eigenvalue weighted by Crippen LogP contribution is 2.12. The molecule has 0 saturated heterocycles. The van der Waals surface area contributed by atoms with Crippen LogP contribution in [0.4, 0.5) is 0 Å². The first-order valence-electron chi connectivity index (χ1n) is 7.20. The van der Waals surface area contributed by atoms with E-state index in [4.69, 9.17) is 9.47 Å². The number of rotatable bonds is 8. The zero-order valence-corrected chi connectivity index (χ0v) is 14.3. The van der Waals surface area contributed by atoms with Crippen molar-refractivity contribution in [2.24, 2.45) is 0 Å². The average molecular weight is 370 g/mol. The Morgan fingerprint density at radius 3 is 3.00 bits per heavy atom. The summed E-state index contributed by atoms with van der Waals surface area (Å²) in [6.45, 7) is 5.57. The summed E-state index contributed by atoms with van der Waals surface area (Å²) >= 11 is 3.41. The van der Waals surface area contributed by atoms with Crippen LogP contribution in [0.15, 0.2) is 29.0 Å². The maximum absolute atomic E-state index is 11.9. The van der Waals surface area contributed by atoms with Gasteiger partial charge in [-0.05, 0) is 41.9 Å². The van der Waals surface area contributed by atoms with Crippen LogP contribution in [-0.4, -0.2) is 41.2 Å². The largest absolute Gasteiger partial charge is 0.379 e. The van der Waals surface area contributed by atoms with Gasteiger partial charge in [0.25, 0.3) is 0 Å². The molecule has 0 aromatic carbocycles. The van der Waals surface area contributed by atoms with Crippen molar-refractivity contribution in [1.29, 1.82) is 0 Å². The predicted octanol–water partition coefficient (Wildman–Crippen LogP) is 2.15. The number of ether oxygens (including phenoxy) is 2. The van der Waals surface area contributed by atoms with Gasteiger partial charge in [-0.25, -0.2) is 4.98 Å². The number of carbonyl (C=O) groups excluding carboxylic acids is 1. The second-order valence-electron chi connectivity index (χ2n) is 4.77. The molecule has 2 rings (SSSR count). The van der Waals surface area contributed by atoms with Crippen molar-refractivity contribution in [3.8, 4) is 0 Å². The van der Waals surface area contributed by atoms with Crippen LogP contribution in [0.25, 0.3) is 5.65 Å². The maximum Gasteiger partial charge on any atom is 0.249 e. The quantitative estimate of drug-likeness (QED) is 0.724. The number of amides is 1. The Balaban J connectivity index is 1.81. The molecule has 0 radical (unpaired) electrons. The fourth-order valence-corrected chi connectivity index (χ4v) is 2.28. The number of fused-ring (bicyclic) bond motifs is 1. The van der Waals surface area contributed by atoms with Crippen molar-refractivity contribution < 1.29 is 14.3 Å². The van der Waals surface area contributed by atoms with Crippen molar-refractivity contribution in [1.82, 2.24) is 14.7 Å². The highest BCUT2D eigenvalue weighted by molar-refractivity contribution is 9.10. The van der Waals surface area contributed by atoms with E-state index in [9.17, 15) is 4.79 Å². The van der Waals surface area contributed by atoms with E-state index in [1.807, 2.05) is 35.9 Å². The van der Waals surface area contributed by atoms with E-state index in [0.29, 0.717) is 26.4 Å². The van der Waals surface area contributed by atoms with Gasteiger partial charge in [-0.15, -0.1) is 0 Å². The van der Waals surface area contributed by atoms with Gasteiger partial charge in [0.05, 0.1) is 25.5 Å². The van der Waals surface area contributed by atoms with Gasteiger partial charge in [0.2, 0.25) is 5.91 Å². The van der Waals surface area contributed by atoms with Crippen molar-refractivity contribution >= 4 is 27.5 Å². The molecule has 0 aliphatic carbocycles. The molecular formula is C15H20BrN3O3. The van der Waals surface area contributed by atoms with E-state index in [2.05, 4.69) is 26.2 Å². The summed E-state index contributed by atoms with van der Waals surface area (Å²) in [6.07, 6.45) is 3.31. The number of hydrogen-bond donors (Lipinski definition) is 1. The minimum absolute atomic E-state index is 0.158. The third-order valence-electron chi connectivity index (χ3n) is 3.08. The van der Waals surface area contributed by atoms with E-state index in [1.165, 1.54) is 0 Å². The van der Waals surface area contributed by atoms with E-state index in [-0.39, 0.29) is 5.91 Å². The van der Waals surface area contributed by atoms with Gasteiger partial charge in [0.1, 0.15) is 11.8 Å². The minimum atomic E-state index is -0.508. The lowest BCUT2D eigenvalue weighted by atomic mass is 10.3. The zero-order valence-electron chi connectivity index (χ0n) is 12.7. The van der Waals surface area contributed by atoms with Crippen LogP contribution in [0.3, 0.4) is 0 Å². The molecule has 0 saturated carbocycles. The molecule has 0 fully saturated rings. The number of halogens is 1. The normalized spacial score (nSPS) is 12.5. The first kappa shape index (κ1) is 16.9. The van der Waals surface area contributed by atoms with Crippen LogP contribution in [0.5, 0.6) is 0 Å². The van der Waals surface area contributed by atoms with Gasteiger partial charge in [-0.1, -0.05) is 0 Å². The van der Waals surface area contributed by atoms with Gasteiger partial charge in [0, 0.05) is 23.5 Å². The molecule has 2 aromatic rings. The number of nitrogens with one attached hydrogen (secondary N) is 1. The van der Waals surface area contributed by atoms with E-state index in [1.54, 1.807) is 6.92 Å². The summed E-state index contributed by atoms with van der Waals surface area (Å²) in [5.41, 5.74) is 1.64. The van der Waals surface area contributed by atoms with Crippen LogP contribution in [-0.2, 0) is 20.8 Å². The highest BCUT2D eigenvalue weighted by Gasteiger charge is 2.13. The molecule has 1 amide bonds. The summed E-state index contributed by atoms with van der Waals surface area (Å²) in [5, 5.41) is 2.82. The fourth-order valence-electron chi connectivity index (χ4n) is 1.93. The van der Waals surface area contributed by atoms with E-state index >= 15 is 0 Å². The van der Waals surface area contributed by atoms with Crippen molar-refractivity contribution in [2.75, 3.05) is 19.8 Å².